The Morgan fingerprint density at radius 1 is 1.20 bits per heavy atom. The van der Waals surface area contributed by atoms with E-state index < -0.39 is 13.9 Å². The number of carbonyl (C=O) groups is 1. The molecule has 0 bridgehead atoms. The molecule has 6 heteroatoms. The molecule has 20 heavy (non-hydrogen) atoms. The van der Waals surface area contributed by atoms with Crippen molar-refractivity contribution >= 4 is 13.6 Å². The third kappa shape index (κ3) is 4.53. The molecule has 0 saturated carbocycles. The van der Waals surface area contributed by atoms with E-state index in [0.717, 1.165) is 5.56 Å². The van der Waals surface area contributed by atoms with Crippen molar-refractivity contribution in [2.45, 2.75) is 33.8 Å². The molecule has 0 fully saturated rings. The molecule has 1 aromatic carbocycles. The molecule has 0 amide bonds. The van der Waals surface area contributed by atoms with Crippen LogP contribution in [0.25, 0.3) is 0 Å². The predicted octanol–water partition coefficient (Wildman–Crippen LogP) is 3.76. The molecule has 0 aliphatic heterocycles. The third-order valence-corrected chi connectivity index (χ3v) is 4.36. The smallest absolute Gasteiger partial charge is 0.291 e. The van der Waals surface area contributed by atoms with E-state index in [2.05, 4.69) is 0 Å². The first-order valence-corrected chi connectivity index (χ1v) is 8.07. The molecule has 1 aromatic rings. The Hall–Kier alpha value is -1.00. The summed E-state index contributed by atoms with van der Waals surface area (Å²) in [6, 6.07) is 7.18. The van der Waals surface area contributed by atoms with Crippen molar-refractivity contribution in [3.8, 4) is 0 Å². The number of hydrogen-bond acceptors (Lipinski definition) is 5. The van der Waals surface area contributed by atoms with Gasteiger partial charge in [0, 0.05) is 5.56 Å². The van der Waals surface area contributed by atoms with Crippen LogP contribution in [0.15, 0.2) is 24.3 Å². The van der Waals surface area contributed by atoms with Crippen molar-refractivity contribution in [3.05, 3.63) is 35.4 Å². The van der Waals surface area contributed by atoms with Gasteiger partial charge in [0.05, 0.1) is 13.2 Å². The number of benzene rings is 1. The summed E-state index contributed by atoms with van der Waals surface area (Å²) < 4.78 is 27.5. The SMILES string of the molecule is CCOP(=O)(OCC)OC(C)C(=O)c1ccccc1C. The van der Waals surface area contributed by atoms with E-state index in [9.17, 15) is 9.36 Å². The topological polar surface area (TPSA) is 61.8 Å². The van der Waals surface area contributed by atoms with Gasteiger partial charge in [0.25, 0.3) is 0 Å². The lowest BCUT2D eigenvalue weighted by Gasteiger charge is -2.20. The minimum Gasteiger partial charge on any atom is -0.291 e. The van der Waals surface area contributed by atoms with Crippen molar-refractivity contribution in [1.82, 2.24) is 0 Å². The van der Waals surface area contributed by atoms with Gasteiger partial charge in [0.15, 0.2) is 5.78 Å². The second kappa shape index (κ2) is 7.70. The summed E-state index contributed by atoms with van der Waals surface area (Å²) in [5.41, 5.74) is 1.38. The molecule has 112 valence electrons. The number of Topliss-reactive ketones (excluding diaryl/α,β-unsaturated/α-hetero) is 1. The first-order chi connectivity index (χ1) is 9.43. The second-order valence-electron chi connectivity index (χ2n) is 4.21. The number of hydrogen-bond donors (Lipinski definition) is 0. The highest BCUT2D eigenvalue weighted by Crippen LogP contribution is 2.50. The van der Waals surface area contributed by atoms with Gasteiger partial charge in [-0.1, -0.05) is 24.3 Å². The highest BCUT2D eigenvalue weighted by molar-refractivity contribution is 7.48. The van der Waals surface area contributed by atoms with Gasteiger partial charge in [0.2, 0.25) is 0 Å². The third-order valence-electron chi connectivity index (χ3n) is 2.64. The van der Waals surface area contributed by atoms with Gasteiger partial charge in [0.1, 0.15) is 6.10 Å². The van der Waals surface area contributed by atoms with Crippen LogP contribution in [0.4, 0.5) is 0 Å². The van der Waals surface area contributed by atoms with Gasteiger partial charge in [-0.3, -0.25) is 18.4 Å². The van der Waals surface area contributed by atoms with Gasteiger partial charge in [-0.25, -0.2) is 4.57 Å². The summed E-state index contributed by atoms with van der Waals surface area (Å²) in [6.07, 6.45) is -0.903. The molecule has 0 radical (unpaired) electrons. The Balaban J connectivity index is 2.84. The van der Waals surface area contributed by atoms with Crippen molar-refractivity contribution in [2.24, 2.45) is 0 Å². The predicted molar refractivity (Wildman–Crippen MR) is 76.9 cm³/mol. The quantitative estimate of drug-likeness (QED) is 0.540. The number of aryl methyl sites for hydroxylation is 1. The normalized spacial score (nSPS) is 13.2. The summed E-state index contributed by atoms with van der Waals surface area (Å²) in [4.78, 5) is 12.3. The fourth-order valence-corrected chi connectivity index (χ4v) is 3.04. The first kappa shape index (κ1) is 17.1. The van der Waals surface area contributed by atoms with E-state index in [1.807, 2.05) is 19.1 Å². The Bertz CT molecular complexity index is 490. The zero-order chi connectivity index (χ0) is 15.2. The Kier molecular flexibility index (Phi) is 6.56. The summed E-state index contributed by atoms with van der Waals surface area (Å²) in [7, 11) is -3.69. The zero-order valence-electron chi connectivity index (χ0n) is 12.3. The maximum atomic E-state index is 12.3. The Labute approximate surface area is 119 Å². The van der Waals surface area contributed by atoms with Gasteiger partial charge < -0.3 is 0 Å². The maximum absolute atomic E-state index is 12.3. The molecule has 0 spiro atoms. The van der Waals surface area contributed by atoms with Crippen molar-refractivity contribution in [3.63, 3.8) is 0 Å². The van der Waals surface area contributed by atoms with Crippen LogP contribution < -0.4 is 0 Å². The Morgan fingerprint density at radius 2 is 1.75 bits per heavy atom. The second-order valence-corrected chi connectivity index (χ2v) is 5.83. The number of carbonyl (C=O) groups excluding carboxylic acids is 1. The fourth-order valence-electron chi connectivity index (χ4n) is 1.72. The number of ketones is 1. The molecule has 0 heterocycles. The van der Waals surface area contributed by atoms with Gasteiger partial charge in [-0.2, -0.15) is 0 Å². The molecule has 1 unspecified atom stereocenters. The van der Waals surface area contributed by atoms with E-state index in [1.165, 1.54) is 0 Å². The standard InChI is InChI=1S/C14H21O5P/c1-5-17-20(16,18-6-2)19-12(4)14(15)13-10-8-7-9-11(13)3/h7-10,12H,5-6H2,1-4H3. The molecule has 1 rings (SSSR count). The number of rotatable bonds is 8. The summed E-state index contributed by atoms with van der Waals surface area (Å²) >= 11 is 0. The molecular formula is C14H21O5P. The lowest BCUT2D eigenvalue weighted by Crippen LogP contribution is -2.21. The largest absolute Gasteiger partial charge is 0.475 e. The van der Waals surface area contributed by atoms with Crippen LogP contribution in [0, 0.1) is 6.92 Å². The van der Waals surface area contributed by atoms with Gasteiger partial charge >= 0.3 is 7.82 Å². The summed E-state index contributed by atoms with van der Waals surface area (Å²) in [5, 5.41) is 0. The first-order valence-electron chi connectivity index (χ1n) is 6.61. The zero-order valence-corrected chi connectivity index (χ0v) is 13.2. The molecule has 1 atom stereocenters. The fraction of sp³-hybridized carbons (Fsp3) is 0.500. The van der Waals surface area contributed by atoms with Gasteiger partial charge in [-0.05, 0) is 33.3 Å². The van der Waals surface area contributed by atoms with Crippen LogP contribution >= 0.6 is 7.82 Å². The van der Waals surface area contributed by atoms with Crippen molar-refractivity contribution in [2.75, 3.05) is 13.2 Å². The summed E-state index contributed by atoms with van der Waals surface area (Å²) in [6.45, 7) is 7.11. The van der Waals surface area contributed by atoms with Crippen LogP contribution in [0.5, 0.6) is 0 Å². The van der Waals surface area contributed by atoms with Crippen molar-refractivity contribution < 1.29 is 22.9 Å². The van der Waals surface area contributed by atoms with Crippen LogP contribution in [0.2, 0.25) is 0 Å². The molecule has 5 nitrogen and oxygen atoms in total. The minimum absolute atomic E-state index is 0.183. The van der Waals surface area contributed by atoms with E-state index in [1.54, 1.807) is 32.9 Å². The summed E-state index contributed by atoms with van der Waals surface area (Å²) in [5.74, 6) is -0.247. The lowest BCUT2D eigenvalue weighted by atomic mass is 10.0. The molecular weight excluding hydrogens is 279 g/mol. The van der Waals surface area contributed by atoms with Crippen molar-refractivity contribution in [1.29, 1.82) is 0 Å². The van der Waals surface area contributed by atoms with Crippen LogP contribution in [-0.4, -0.2) is 25.1 Å². The Morgan fingerprint density at radius 3 is 2.25 bits per heavy atom. The van der Waals surface area contributed by atoms with E-state index in [-0.39, 0.29) is 19.0 Å². The molecule has 0 saturated heterocycles. The average Bonchev–Trinajstić information content (AvgIpc) is 2.38. The highest BCUT2D eigenvalue weighted by Gasteiger charge is 2.31. The number of phosphoric ester groups is 1. The van der Waals surface area contributed by atoms with Crippen LogP contribution in [0.3, 0.4) is 0 Å². The number of phosphoric acid groups is 1. The van der Waals surface area contributed by atoms with E-state index >= 15 is 0 Å². The monoisotopic (exact) mass is 300 g/mol. The molecule has 0 aliphatic carbocycles. The van der Waals surface area contributed by atoms with E-state index in [0.29, 0.717) is 5.56 Å². The average molecular weight is 300 g/mol. The van der Waals surface area contributed by atoms with E-state index in [4.69, 9.17) is 13.6 Å². The van der Waals surface area contributed by atoms with Crippen LogP contribution in [-0.2, 0) is 18.1 Å². The lowest BCUT2D eigenvalue weighted by molar-refractivity contribution is 0.0637. The van der Waals surface area contributed by atoms with Crippen LogP contribution in [0.1, 0.15) is 36.7 Å². The molecule has 0 aromatic heterocycles. The minimum atomic E-state index is -3.69. The highest BCUT2D eigenvalue weighted by atomic mass is 31.2. The molecule has 0 N–H and O–H groups in total. The van der Waals surface area contributed by atoms with Gasteiger partial charge in [-0.15, -0.1) is 0 Å². The molecule has 0 aliphatic rings. The maximum Gasteiger partial charge on any atom is 0.475 e.